The zero-order chi connectivity index (χ0) is 21.6. The van der Waals surface area contributed by atoms with Gasteiger partial charge in [-0.15, -0.1) is 0 Å². The maximum absolute atomic E-state index is 6.58. The van der Waals surface area contributed by atoms with Gasteiger partial charge in [0.05, 0.1) is 22.1 Å². The van der Waals surface area contributed by atoms with E-state index in [2.05, 4.69) is 71.0 Å². The highest BCUT2D eigenvalue weighted by Crippen LogP contribution is 2.37. The van der Waals surface area contributed by atoms with Crippen molar-refractivity contribution in [3.05, 3.63) is 92.5 Å². The highest BCUT2D eigenvalue weighted by Gasteiger charge is 2.21. The van der Waals surface area contributed by atoms with Crippen molar-refractivity contribution >= 4 is 23.2 Å². The Hall–Kier alpha value is -2.55. The summed E-state index contributed by atoms with van der Waals surface area (Å²) in [4.78, 5) is 0. The lowest BCUT2D eigenvalue weighted by Gasteiger charge is -2.12. The van der Waals surface area contributed by atoms with Crippen LogP contribution in [-0.2, 0) is 0 Å². The Bertz CT molecular complexity index is 1270. The third kappa shape index (κ3) is 3.66. The van der Waals surface area contributed by atoms with Crippen LogP contribution in [-0.4, -0.2) is 9.78 Å². The molecule has 4 aromatic rings. The van der Waals surface area contributed by atoms with Gasteiger partial charge < -0.3 is 0 Å². The fourth-order valence-corrected chi connectivity index (χ4v) is 4.07. The Morgan fingerprint density at radius 2 is 1.27 bits per heavy atom. The Balaban J connectivity index is 2.03. The maximum atomic E-state index is 6.58. The molecule has 0 bridgehead atoms. The van der Waals surface area contributed by atoms with Gasteiger partial charge in [-0.1, -0.05) is 47.5 Å². The zero-order valence-corrected chi connectivity index (χ0v) is 19.4. The number of aromatic nitrogens is 2. The summed E-state index contributed by atoms with van der Waals surface area (Å²) in [5.74, 6) is 0. The van der Waals surface area contributed by atoms with E-state index in [1.54, 1.807) is 6.07 Å². The molecule has 4 rings (SSSR count). The highest BCUT2D eigenvalue weighted by molar-refractivity contribution is 6.34. The van der Waals surface area contributed by atoms with E-state index in [1.807, 2.05) is 16.8 Å². The lowest BCUT2D eigenvalue weighted by Crippen LogP contribution is -2.01. The van der Waals surface area contributed by atoms with Crippen molar-refractivity contribution in [2.75, 3.05) is 0 Å². The SMILES string of the molecule is Cc1ccc(-c2nn(-c3cc(Cl)ccc3Cl)c(-c3ccc(C)c(C)c3)c2C)cc1C. The molecule has 3 aromatic carbocycles. The lowest BCUT2D eigenvalue weighted by molar-refractivity contribution is 0.891. The second kappa shape index (κ2) is 7.94. The Kier molecular flexibility index (Phi) is 5.48. The van der Waals surface area contributed by atoms with Crippen LogP contribution in [0.1, 0.15) is 27.8 Å². The van der Waals surface area contributed by atoms with Gasteiger partial charge in [0.25, 0.3) is 0 Å². The van der Waals surface area contributed by atoms with Gasteiger partial charge in [0.1, 0.15) is 0 Å². The van der Waals surface area contributed by atoms with Gasteiger partial charge in [0.2, 0.25) is 0 Å². The van der Waals surface area contributed by atoms with Crippen molar-refractivity contribution < 1.29 is 0 Å². The summed E-state index contributed by atoms with van der Waals surface area (Å²) in [7, 11) is 0. The monoisotopic (exact) mass is 434 g/mol. The number of hydrogen-bond acceptors (Lipinski definition) is 1. The topological polar surface area (TPSA) is 17.8 Å². The average Bonchev–Trinajstić information content (AvgIpc) is 3.05. The molecule has 0 saturated heterocycles. The van der Waals surface area contributed by atoms with Gasteiger partial charge in [0.15, 0.2) is 0 Å². The van der Waals surface area contributed by atoms with E-state index in [9.17, 15) is 0 Å². The molecule has 0 aliphatic heterocycles. The first-order chi connectivity index (χ1) is 14.3. The van der Waals surface area contributed by atoms with Crippen LogP contribution in [0.25, 0.3) is 28.2 Å². The molecule has 30 heavy (non-hydrogen) atoms. The second-order valence-corrected chi connectivity index (χ2v) is 8.77. The molecule has 0 amide bonds. The third-order valence-corrected chi connectivity index (χ3v) is 6.37. The van der Waals surface area contributed by atoms with E-state index in [1.165, 1.54) is 22.3 Å². The Morgan fingerprint density at radius 3 is 1.90 bits per heavy atom. The van der Waals surface area contributed by atoms with Gasteiger partial charge in [-0.25, -0.2) is 4.68 Å². The van der Waals surface area contributed by atoms with Crippen LogP contribution in [0.3, 0.4) is 0 Å². The maximum Gasteiger partial charge on any atom is 0.0963 e. The van der Waals surface area contributed by atoms with E-state index in [4.69, 9.17) is 28.3 Å². The van der Waals surface area contributed by atoms with Gasteiger partial charge in [-0.05, 0) is 87.2 Å². The molecular weight excluding hydrogens is 411 g/mol. The summed E-state index contributed by atoms with van der Waals surface area (Å²) >= 11 is 12.9. The first-order valence-corrected chi connectivity index (χ1v) is 10.7. The quantitative estimate of drug-likeness (QED) is 0.318. The van der Waals surface area contributed by atoms with Gasteiger partial charge in [0, 0.05) is 21.7 Å². The fourth-order valence-electron chi connectivity index (χ4n) is 3.71. The van der Waals surface area contributed by atoms with Crippen LogP contribution < -0.4 is 0 Å². The summed E-state index contributed by atoms with van der Waals surface area (Å²) < 4.78 is 1.93. The smallest absolute Gasteiger partial charge is 0.0963 e. The zero-order valence-electron chi connectivity index (χ0n) is 17.8. The lowest BCUT2D eigenvalue weighted by atomic mass is 9.98. The number of benzene rings is 3. The molecule has 0 unspecified atom stereocenters. The second-order valence-electron chi connectivity index (χ2n) is 7.93. The van der Waals surface area contributed by atoms with E-state index in [0.29, 0.717) is 10.0 Å². The summed E-state index contributed by atoms with van der Waals surface area (Å²) in [6.45, 7) is 10.6. The fraction of sp³-hybridized carbons (Fsp3) is 0.192. The Labute approximate surface area is 188 Å². The molecule has 0 saturated carbocycles. The van der Waals surface area contributed by atoms with Crippen LogP contribution in [0.2, 0.25) is 10.0 Å². The van der Waals surface area contributed by atoms with Crippen molar-refractivity contribution in [2.24, 2.45) is 0 Å². The van der Waals surface area contributed by atoms with E-state index in [0.717, 1.165) is 33.8 Å². The van der Waals surface area contributed by atoms with Gasteiger partial charge in [-0.2, -0.15) is 5.10 Å². The summed E-state index contributed by atoms with van der Waals surface area (Å²) in [6.07, 6.45) is 0. The minimum absolute atomic E-state index is 0.610. The average molecular weight is 435 g/mol. The van der Waals surface area contributed by atoms with Crippen molar-refractivity contribution in [3.63, 3.8) is 0 Å². The van der Waals surface area contributed by atoms with Crippen molar-refractivity contribution in [1.82, 2.24) is 9.78 Å². The minimum Gasteiger partial charge on any atom is -0.231 e. The number of halogens is 2. The molecular formula is C26H24Cl2N2. The molecule has 2 nitrogen and oxygen atoms in total. The highest BCUT2D eigenvalue weighted by atomic mass is 35.5. The van der Waals surface area contributed by atoms with Crippen LogP contribution in [0.15, 0.2) is 54.6 Å². The molecule has 0 radical (unpaired) electrons. The van der Waals surface area contributed by atoms with Crippen LogP contribution in [0.5, 0.6) is 0 Å². The van der Waals surface area contributed by atoms with Crippen LogP contribution in [0.4, 0.5) is 0 Å². The third-order valence-electron chi connectivity index (χ3n) is 5.82. The van der Waals surface area contributed by atoms with E-state index < -0.39 is 0 Å². The Morgan fingerprint density at radius 1 is 0.667 bits per heavy atom. The van der Waals surface area contributed by atoms with Crippen molar-refractivity contribution in [3.8, 4) is 28.2 Å². The van der Waals surface area contributed by atoms with Gasteiger partial charge in [-0.3, -0.25) is 0 Å². The standard InChI is InChI=1S/C26H24Cl2N2/c1-15-6-8-20(12-17(15)3)25-19(5)26(21-9-7-16(2)18(4)13-21)30(29-25)24-14-22(27)10-11-23(24)28/h6-14H,1-5H3. The normalized spacial score (nSPS) is 11.2. The van der Waals surface area contributed by atoms with E-state index >= 15 is 0 Å². The predicted octanol–water partition coefficient (Wildman–Crippen LogP) is 8.06. The molecule has 0 spiro atoms. The molecule has 152 valence electrons. The van der Waals surface area contributed by atoms with Gasteiger partial charge >= 0.3 is 0 Å². The molecule has 0 aliphatic rings. The molecule has 1 heterocycles. The number of rotatable bonds is 3. The first-order valence-electron chi connectivity index (χ1n) is 9.96. The molecule has 0 fully saturated rings. The molecule has 0 aliphatic carbocycles. The molecule has 0 atom stereocenters. The number of hydrogen-bond donors (Lipinski definition) is 0. The summed E-state index contributed by atoms with van der Waals surface area (Å²) in [6, 6.07) is 18.4. The number of nitrogens with zero attached hydrogens (tertiary/aromatic N) is 2. The van der Waals surface area contributed by atoms with E-state index in [-0.39, 0.29) is 0 Å². The molecule has 4 heteroatoms. The van der Waals surface area contributed by atoms with Crippen LogP contribution >= 0.6 is 23.2 Å². The summed E-state index contributed by atoms with van der Waals surface area (Å²) in [5, 5.41) is 6.26. The summed E-state index contributed by atoms with van der Waals surface area (Å²) in [5.41, 5.74) is 11.1. The van der Waals surface area contributed by atoms with Crippen molar-refractivity contribution in [1.29, 1.82) is 0 Å². The molecule has 1 aromatic heterocycles. The molecule has 0 N–H and O–H groups in total. The number of aryl methyl sites for hydroxylation is 4. The van der Waals surface area contributed by atoms with Crippen LogP contribution in [0, 0.1) is 34.6 Å². The van der Waals surface area contributed by atoms with Crippen molar-refractivity contribution in [2.45, 2.75) is 34.6 Å². The first kappa shape index (κ1) is 20.7. The largest absolute Gasteiger partial charge is 0.231 e. The predicted molar refractivity (Wildman–Crippen MR) is 128 cm³/mol. The minimum atomic E-state index is 0.610.